The molecule has 0 saturated heterocycles. The van der Waals surface area contributed by atoms with E-state index >= 15 is 0 Å². The SMILES string of the molecule is NC1CC(=C(F)F)C1.O=C(O)C(F)(F)F. The third kappa shape index (κ3) is 5.31. The average Bonchev–Trinajstić information content (AvgIpc) is 1.97. The van der Waals surface area contributed by atoms with E-state index in [0.29, 0.717) is 12.8 Å². The molecule has 0 unspecified atom stereocenters. The van der Waals surface area contributed by atoms with Gasteiger partial charge in [0.05, 0.1) is 0 Å². The average molecular weight is 233 g/mol. The van der Waals surface area contributed by atoms with E-state index in [1.165, 1.54) is 0 Å². The molecule has 0 amide bonds. The fourth-order valence-electron chi connectivity index (χ4n) is 0.727. The van der Waals surface area contributed by atoms with Crippen LogP contribution in [-0.4, -0.2) is 23.3 Å². The lowest BCUT2D eigenvalue weighted by Crippen LogP contribution is -2.30. The van der Waals surface area contributed by atoms with Crippen molar-refractivity contribution in [3.05, 3.63) is 11.7 Å². The maximum Gasteiger partial charge on any atom is 0.490 e. The highest BCUT2D eigenvalue weighted by atomic mass is 19.4. The van der Waals surface area contributed by atoms with Crippen LogP contribution >= 0.6 is 0 Å². The number of carbonyl (C=O) groups is 1. The number of alkyl halides is 3. The van der Waals surface area contributed by atoms with E-state index in [1.807, 2.05) is 0 Å². The number of halogens is 5. The second-order valence-corrected chi connectivity index (χ2v) is 2.84. The molecule has 0 aromatic carbocycles. The summed E-state index contributed by atoms with van der Waals surface area (Å²) >= 11 is 0. The van der Waals surface area contributed by atoms with Crippen LogP contribution in [0.2, 0.25) is 0 Å². The first kappa shape index (κ1) is 13.8. The van der Waals surface area contributed by atoms with Gasteiger partial charge in [0.15, 0.2) is 0 Å². The molecule has 0 radical (unpaired) electrons. The number of rotatable bonds is 0. The first-order valence-electron chi connectivity index (χ1n) is 3.73. The van der Waals surface area contributed by atoms with Crippen LogP contribution in [0.3, 0.4) is 0 Å². The van der Waals surface area contributed by atoms with E-state index in [1.54, 1.807) is 0 Å². The van der Waals surface area contributed by atoms with Crippen LogP contribution in [0.25, 0.3) is 0 Å². The Morgan fingerprint density at radius 2 is 1.67 bits per heavy atom. The molecule has 3 N–H and O–H groups in total. The summed E-state index contributed by atoms with van der Waals surface area (Å²) in [6.45, 7) is 0. The molecule has 1 rings (SSSR count). The first-order chi connectivity index (χ1) is 6.64. The van der Waals surface area contributed by atoms with Crippen molar-refractivity contribution in [2.45, 2.75) is 25.1 Å². The van der Waals surface area contributed by atoms with Crippen LogP contribution in [0.5, 0.6) is 0 Å². The molecule has 1 fully saturated rings. The van der Waals surface area contributed by atoms with E-state index in [2.05, 4.69) is 0 Å². The normalized spacial score (nSPS) is 19.9. The second kappa shape index (κ2) is 5.06. The van der Waals surface area contributed by atoms with Crippen molar-refractivity contribution in [3.63, 3.8) is 0 Å². The van der Waals surface area contributed by atoms with Gasteiger partial charge in [0.2, 0.25) is 0 Å². The fraction of sp³-hybridized carbons (Fsp3) is 0.571. The molecule has 8 heteroatoms. The fourth-order valence-corrected chi connectivity index (χ4v) is 0.727. The molecule has 0 atom stereocenters. The van der Waals surface area contributed by atoms with E-state index in [9.17, 15) is 22.0 Å². The van der Waals surface area contributed by atoms with Crippen LogP contribution in [-0.2, 0) is 4.79 Å². The third-order valence-corrected chi connectivity index (χ3v) is 1.53. The third-order valence-electron chi connectivity index (χ3n) is 1.53. The van der Waals surface area contributed by atoms with E-state index in [-0.39, 0.29) is 11.6 Å². The maximum absolute atomic E-state index is 11.5. The molecule has 1 aliphatic rings. The summed E-state index contributed by atoms with van der Waals surface area (Å²) in [5, 5.41) is 7.12. The van der Waals surface area contributed by atoms with Crippen molar-refractivity contribution < 1.29 is 31.9 Å². The Kier molecular flexibility index (Phi) is 4.66. The van der Waals surface area contributed by atoms with Gasteiger partial charge in [0.25, 0.3) is 6.08 Å². The predicted octanol–water partition coefficient (Wildman–Crippen LogP) is 1.89. The molecule has 88 valence electrons. The molecule has 0 aliphatic heterocycles. The number of nitrogens with two attached hydrogens (primary N) is 1. The summed E-state index contributed by atoms with van der Waals surface area (Å²) in [6.07, 6.45) is -5.84. The number of hydrogen-bond donors (Lipinski definition) is 2. The minimum Gasteiger partial charge on any atom is -0.475 e. The second-order valence-electron chi connectivity index (χ2n) is 2.84. The lowest BCUT2D eigenvalue weighted by molar-refractivity contribution is -0.192. The number of carboxylic acids is 1. The van der Waals surface area contributed by atoms with Crippen molar-refractivity contribution in [2.24, 2.45) is 5.73 Å². The highest BCUT2D eigenvalue weighted by molar-refractivity contribution is 5.73. The summed E-state index contributed by atoms with van der Waals surface area (Å²) < 4.78 is 54.7. The van der Waals surface area contributed by atoms with Gasteiger partial charge in [-0.2, -0.15) is 22.0 Å². The zero-order chi connectivity index (χ0) is 12.2. The van der Waals surface area contributed by atoms with Gasteiger partial charge in [-0.05, 0) is 18.4 Å². The van der Waals surface area contributed by atoms with Gasteiger partial charge < -0.3 is 10.8 Å². The number of hydrogen-bond acceptors (Lipinski definition) is 2. The molecule has 0 spiro atoms. The quantitative estimate of drug-likeness (QED) is 0.628. The van der Waals surface area contributed by atoms with Gasteiger partial charge >= 0.3 is 12.1 Å². The molecule has 0 aromatic rings. The van der Waals surface area contributed by atoms with Crippen molar-refractivity contribution in [3.8, 4) is 0 Å². The van der Waals surface area contributed by atoms with Gasteiger partial charge in [-0.15, -0.1) is 0 Å². The summed E-state index contributed by atoms with van der Waals surface area (Å²) in [7, 11) is 0. The topological polar surface area (TPSA) is 63.3 Å². The van der Waals surface area contributed by atoms with Crippen LogP contribution in [0.4, 0.5) is 22.0 Å². The van der Waals surface area contributed by atoms with Gasteiger partial charge in [0.1, 0.15) is 0 Å². The largest absolute Gasteiger partial charge is 0.490 e. The molecule has 3 nitrogen and oxygen atoms in total. The Balaban J connectivity index is 0.000000265. The van der Waals surface area contributed by atoms with Crippen LogP contribution in [0, 0.1) is 0 Å². The lowest BCUT2D eigenvalue weighted by Gasteiger charge is -2.23. The van der Waals surface area contributed by atoms with Gasteiger partial charge in [0, 0.05) is 6.04 Å². The molecule has 1 aliphatic carbocycles. The van der Waals surface area contributed by atoms with Crippen molar-refractivity contribution >= 4 is 5.97 Å². The molecule has 0 aromatic heterocycles. The molecule has 15 heavy (non-hydrogen) atoms. The van der Waals surface area contributed by atoms with Crippen molar-refractivity contribution in [1.82, 2.24) is 0 Å². The maximum atomic E-state index is 11.5. The Morgan fingerprint density at radius 3 is 1.73 bits per heavy atom. The summed E-state index contributed by atoms with van der Waals surface area (Å²) in [4.78, 5) is 8.90. The number of aliphatic carboxylic acids is 1. The first-order valence-corrected chi connectivity index (χ1v) is 3.73. The smallest absolute Gasteiger partial charge is 0.475 e. The van der Waals surface area contributed by atoms with Crippen LogP contribution in [0.15, 0.2) is 11.7 Å². The molecule has 0 bridgehead atoms. The Hall–Kier alpha value is -1.18. The van der Waals surface area contributed by atoms with Crippen molar-refractivity contribution in [2.75, 3.05) is 0 Å². The number of carboxylic acid groups (broad SMARTS) is 1. The Morgan fingerprint density at radius 1 is 1.33 bits per heavy atom. The predicted molar refractivity (Wildman–Crippen MR) is 40.1 cm³/mol. The summed E-state index contributed by atoms with van der Waals surface area (Å²) in [5.74, 6) is -2.76. The standard InChI is InChI=1S/C5H7F2N.C2HF3O2/c6-5(7)3-1-4(8)2-3;3-2(4,5)1(6)7/h4H,1-2,8H2;(H,6,7). The minimum absolute atomic E-state index is 0.00787. The highest BCUT2D eigenvalue weighted by Gasteiger charge is 2.38. The molecule has 1 saturated carbocycles. The Bertz CT molecular complexity index is 261. The Labute approximate surface area is 81.4 Å². The van der Waals surface area contributed by atoms with E-state index in [4.69, 9.17) is 15.6 Å². The lowest BCUT2D eigenvalue weighted by atomic mass is 9.88. The molecule has 0 heterocycles. The minimum atomic E-state index is -5.08. The van der Waals surface area contributed by atoms with Crippen LogP contribution in [0.1, 0.15) is 12.8 Å². The van der Waals surface area contributed by atoms with Gasteiger partial charge in [-0.25, -0.2) is 4.79 Å². The molecular formula is C7H8F5NO2. The highest BCUT2D eigenvalue weighted by Crippen LogP contribution is 2.28. The zero-order valence-electron chi connectivity index (χ0n) is 7.31. The van der Waals surface area contributed by atoms with Gasteiger partial charge in [-0.1, -0.05) is 0 Å². The summed E-state index contributed by atoms with van der Waals surface area (Å²) in [5.41, 5.74) is 5.47. The monoisotopic (exact) mass is 233 g/mol. The molecular weight excluding hydrogens is 225 g/mol. The van der Waals surface area contributed by atoms with Crippen molar-refractivity contribution in [1.29, 1.82) is 0 Å². The summed E-state index contributed by atoms with van der Waals surface area (Å²) in [6, 6.07) is -0.00787. The van der Waals surface area contributed by atoms with E-state index in [0.717, 1.165) is 0 Å². The van der Waals surface area contributed by atoms with Crippen LogP contribution < -0.4 is 5.73 Å². The van der Waals surface area contributed by atoms with E-state index < -0.39 is 18.2 Å². The zero-order valence-corrected chi connectivity index (χ0v) is 7.31. The van der Waals surface area contributed by atoms with Gasteiger partial charge in [-0.3, -0.25) is 0 Å².